The summed E-state index contributed by atoms with van der Waals surface area (Å²) in [6, 6.07) is 3.78. The van der Waals surface area contributed by atoms with Crippen molar-refractivity contribution in [3.8, 4) is 6.07 Å². The smallest absolute Gasteiger partial charge is 0.243 e. The van der Waals surface area contributed by atoms with Gasteiger partial charge in [-0.3, -0.25) is 9.69 Å². The Morgan fingerprint density at radius 3 is 2.25 bits per heavy atom. The summed E-state index contributed by atoms with van der Waals surface area (Å²) in [5.41, 5.74) is -0.798. The second-order valence-corrected chi connectivity index (χ2v) is 10.9. The third-order valence-corrected chi connectivity index (χ3v) is 8.99. The number of morpholine rings is 1. The Labute approximate surface area is 193 Å². The summed E-state index contributed by atoms with van der Waals surface area (Å²) < 4.78 is 11.1. The van der Waals surface area contributed by atoms with E-state index in [1.54, 1.807) is 0 Å². The van der Waals surface area contributed by atoms with Crippen LogP contribution in [-0.2, 0) is 14.3 Å². The van der Waals surface area contributed by atoms with E-state index < -0.39 is 5.41 Å². The quantitative estimate of drug-likeness (QED) is 0.625. The van der Waals surface area contributed by atoms with Crippen LogP contribution in [0.4, 0.5) is 0 Å². The molecule has 7 heteroatoms. The van der Waals surface area contributed by atoms with E-state index in [1.807, 2.05) is 4.90 Å². The van der Waals surface area contributed by atoms with Crippen molar-refractivity contribution >= 4 is 5.91 Å². The van der Waals surface area contributed by atoms with Crippen molar-refractivity contribution in [1.82, 2.24) is 14.7 Å². The average molecular weight is 445 g/mol. The van der Waals surface area contributed by atoms with E-state index in [4.69, 9.17) is 9.47 Å². The summed E-state index contributed by atoms with van der Waals surface area (Å²) >= 11 is 0. The predicted octanol–water partition coefficient (Wildman–Crippen LogP) is 2.12. The first-order valence-electron chi connectivity index (χ1n) is 13.0. The molecule has 0 radical (unpaired) electrons. The SMILES string of the molecule is N#CC1(C(=O)N2CCC(CCN3C4COCC3C4)CC2)CCN(CC2CCOCC2)CC1. The van der Waals surface area contributed by atoms with Gasteiger partial charge in [-0.25, -0.2) is 0 Å². The van der Waals surface area contributed by atoms with Crippen molar-refractivity contribution < 1.29 is 14.3 Å². The van der Waals surface area contributed by atoms with E-state index in [2.05, 4.69) is 15.9 Å². The van der Waals surface area contributed by atoms with Crippen molar-refractivity contribution in [2.75, 3.05) is 65.7 Å². The molecule has 178 valence electrons. The van der Waals surface area contributed by atoms with Crippen LogP contribution in [0.1, 0.15) is 51.4 Å². The number of nitriles is 1. The molecule has 0 aromatic carbocycles. The van der Waals surface area contributed by atoms with Crippen LogP contribution in [0.25, 0.3) is 0 Å². The molecule has 1 amide bonds. The van der Waals surface area contributed by atoms with Crippen LogP contribution < -0.4 is 0 Å². The van der Waals surface area contributed by atoms with Crippen LogP contribution in [0.5, 0.6) is 0 Å². The minimum Gasteiger partial charge on any atom is -0.381 e. The number of ether oxygens (including phenoxy) is 2. The Hall–Kier alpha value is -1.20. The standard InChI is InChI=1S/C25H40N4O3/c26-19-25(6-11-27(12-7-25)16-21-4-13-31-14-5-21)24(30)28-8-1-20(2-9-28)3-10-29-22-15-23(29)18-32-17-22/h20-23H,1-18H2. The highest BCUT2D eigenvalue weighted by molar-refractivity contribution is 5.85. The summed E-state index contributed by atoms with van der Waals surface area (Å²) in [4.78, 5) is 20.5. The molecule has 2 bridgehead atoms. The van der Waals surface area contributed by atoms with Gasteiger partial charge >= 0.3 is 0 Å². The van der Waals surface area contributed by atoms with E-state index in [1.165, 1.54) is 19.4 Å². The molecule has 2 unspecified atom stereocenters. The van der Waals surface area contributed by atoms with Crippen LogP contribution in [0.2, 0.25) is 0 Å². The fourth-order valence-electron chi connectivity index (χ4n) is 6.62. The highest BCUT2D eigenvalue weighted by Gasteiger charge is 2.45. The van der Waals surface area contributed by atoms with E-state index >= 15 is 0 Å². The minimum absolute atomic E-state index is 0.110. The number of piperidine rings is 2. The van der Waals surface area contributed by atoms with Gasteiger partial charge in [-0.1, -0.05) is 0 Å². The van der Waals surface area contributed by atoms with Gasteiger partial charge in [0.15, 0.2) is 0 Å². The Morgan fingerprint density at radius 1 is 0.938 bits per heavy atom. The van der Waals surface area contributed by atoms with Crippen LogP contribution in [-0.4, -0.2) is 98.4 Å². The fourth-order valence-corrected chi connectivity index (χ4v) is 6.62. The maximum Gasteiger partial charge on any atom is 0.243 e. The Kier molecular flexibility index (Phi) is 7.03. The second-order valence-electron chi connectivity index (χ2n) is 10.9. The van der Waals surface area contributed by atoms with Crippen molar-refractivity contribution in [3.63, 3.8) is 0 Å². The van der Waals surface area contributed by atoms with Crippen molar-refractivity contribution in [3.05, 3.63) is 0 Å². The molecule has 5 aliphatic rings. The monoisotopic (exact) mass is 444 g/mol. The first-order valence-corrected chi connectivity index (χ1v) is 13.0. The number of rotatable bonds is 6. The van der Waals surface area contributed by atoms with E-state index in [-0.39, 0.29) is 5.91 Å². The molecule has 7 nitrogen and oxygen atoms in total. The predicted molar refractivity (Wildman–Crippen MR) is 121 cm³/mol. The third kappa shape index (κ3) is 4.70. The van der Waals surface area contributed by atoms with Gasteiger partial charge < -0.3 is 19.3 Å². The van der Waals surface area contributed by atoms with Gasteiger partial charge in [0, 0.05) is 58.0 Å². The van der Waals surface area contributed by atoms with Crippen LogP contribution in [0.15, 0.2) is 0 Å². The van der Waals surface area contributed by atoms with E-state index in [9.17, 15) is 10.1 Å². The zero-order valence-corrected chi connectivity index (χ0v) is 19.6. The molecular formula is C25H40N4O3. The van der Waals surface area contributed by atoms with E-state index in [0.29, 0.717) is 36.8 Å². The van der Waals surface area contributed by atoms with Gasteiger partial charge in [-0.05, 0) is 69.7 Å². The lowest BCUT2D eigenvalue weighted by Gasteiger charge is -2.53. The number of likely N-dealkylation sites (tertiary alicyclic amines) is 2. The zero-order chi connectivity index (χ0) is 22.0. The number of carbonyl (C=O) groups excluding carboxylic acids is 1. The highest BCUT2D eigenvalue weighted by atomic mass is 16.5. The Balaban J connectivity index is 1.06. The molecular weight excluding hydrogens is 404 g/mol. The summed E-state index contributed by atoms with van der Waals surface area (Å²) in [5, 5.41) is 10.0. The zero-order valence-electron chi connectivity index (χ0n) is 19.6. The molecule has 0 N–H and O–H groups in total. The minimum atomic E-state index is -0.798. The normalized spacial score (nSPS) is 32.3. The third-order valence-electron chi connectivity index (χ3n) is 8.99. The molecule has 0 spiro atoms. The van der Waals surface area contributed by atoms with Crippen LogP contribution in [0.3, 0.4) is 0 Å². The van der Waals surface area contributed by atoms with Gasteiger partial charge in [0.05, 0.1) is 19.3 Å². The van der Waals surface area contributed by atoms with Crippen molar-refractivity contribution in [2.45, 2.75) is 63.5 Å². The molecule has 5 rings (SSSR count). The number of nitrogens with zero attached hydrogens (tertiary/aromatic N) is 4. The average Bonchev–Trinajstić information content (AvgIpc) is 2.86. The van der Waals surface area contributed by atoms with Gasteiger partial charge in [0.1, 0.15) is 5.41 Å². The highest BCUT2D eigenvalue weighted by Crippen LogP contribution is 2.36. The summed E-state index contributed by atoms with van der Waals surface area (Å²) in [6.45, 7) is 9.24. The maximum absolute atomic E-state index is 13.4. The topological polar surface area (TPSA) is 69.0 Å². The number of hydrogen-bond acceptors (Lipinski definition) is 6. The second kappa shape index (κ2) is 9.97. The molecule has 5 heterocycles. The molecule has 0 aromatic rings. The number of amides is 1. The summed E-state index contributed by atoms with van der Waals surface area (Å²) in [5.74, 6) is 1.52. The van der Waals surface area contributed by atoms with Crippen LogP contribution >= 0.6 is 0 Å². The molecule has 0 saturated carbocycles. The largest absolute Gasteiger partial charge is 0.381 e. The van der Waals surface area contributed by atoms with Gasteiger partial charge in [0.2, 0.25) is 5.91 Å². The van der Waals surface area contributed by atoms with Crippen LogP contribution in [0, 0.1) is 28.6 Å². The lowest BCUT2D eigenvalue weighted by atomic mass is 9.77. The molecule has 5 saturated heterocycles. The van der Waals surface area contributed by atoms with Crippen molar-refractivity contribution in [1.29, 1.82) is 5.26 Å². The molecule has 32 heavy (non-hydrogen) atoms. The molecule has 0 aromatic heterocycles. The molecule has 5 aliphatic heterocycles. The first-order chi connectivity index (χ1) is 15.7. The molecule has 5 fully saturated rings. The van der Waals surface area contributed by atoms with E-state index in [0.717, 1.165) is 84.8 Å². The summed E-state index contributed by atoms with van der Waals surface area (Å²) in [6.07, 6.45) is 8.37. The lowest BCUT2D eigenvalue weighted by Crippen LogP contribution is -2.63. The number of carbonyl (C=O) groups is 1. The number of fused-ring (bicyclic) bond motifs is 2. The van der Waals surface area contributed by atoms with Gasteiger partial charge in [-0.15, -0.1) is 0 Å². The Bertz CT molecular complexity index is 674. The maximum atomic E-state index is 13.4. The first kappa shape index (κ1) is 22.6. The van der Waals surface area contributed by atoms with Crippen molar-refractivity contribution in [2.24, 2.45) is 17.3 Å². The number of hydrogen-bond donors (Lipinski definition) is 0. The van der Waals surface area contributed by atoms with Gasteiger partial charge in [0.25, 0.3) is 0 Å². The Morgan fingerprint density at radius 2 is 1.62 bits per heavy atom. The molecule has 0 aliphatic carbocycles. The fraction of sp³-hybridized carbons (Fsp3) is 0.920. The van der Waals surface area contributed by atoms with Gasteiger partial charge in [-0.2, -0.15) is 5.26 Å². The molecule has 2 atom stereocenters. The summed E-state index contributed by atoms with van der Waals surface area (Å²) in [7, 11) is 0. The lowest BCUT2D eigenvalue weighted by molar-refractivity contribution is -0.143.